The molecule has 0 aliphatic rings. The van der Waals surface area contributed by atoms with Crippen LogP contribution in [0.2, 0.25) is 0 Å². The molecule has 1 rings (SSSR count). The van der Waals surface area contributed by atoms with Crippen LogP contribution in [0.3, 0.4) is 0 Å². The molecule has 1 aromatic heterocycles. The Morgan fingerprint density at radius 3 is 2.69 bits per heavy atom. The number of anilines is 1. The Balaban J connectivity index is 2.71. The summed E-state index contributed by atoms with van der Waals surface area (Å²) in [4.78, 5) is 11.4. The average Bonchev–Trinajstić information content (AvgIpc) is 2.34. The molecule has 0 unspecified atom stereocenters. The highest BCUT2D eigenvalue weighted by Gasteiger charge is 2.22. The van der Waals surface area contributed by atoms with E-state index in [1.807, 2.05) is 0 Å². The van der Waals surface area contributed by atoms with Gasteiger partial charge in [0.15, 0.2) is 0 Å². The van der Waals surface area contributed by atoms with E-state index in [-0.39, 0.29) is 5.91 Å². The molecule has 1 aromatic rings. The van der Waals surface area contributed by atoms with E-state index in [4.69, 9.17) is 5.73 Å². The molecule has 0 spiro atoms. The second kappa shape index (κ2) is 3.14. The number of hydrogen-bond donors (Lipinski definition) is 2. The average molecular weight is 183 g/mol. The molecule has 1 amide bonds. The Labute approximate surface area is 76.1 Å². The summed E-state index contributed by atoms with van der Waals surface area (Å²) in [6.45, 7) is 3.25. The van der Waals surface area contributed by atoms with Gasteiger partial charge in [-0.05, 0) is 13.8 Å². The minimum atomic E-state index is -0.911. The van der Waals surface area contributed by atoms with Gasteiger partial charge in [0.2, 0.25) is 11.9 Å². The van der Waals surface area contributed by atoms with E-state index in [0.29, 0.717) is 5.95 Å². The first-order valence-corrected chi connectivity index (χ1v) is 3.85. The van der Waals surface area contributed by atoms with Gasteiger partial charge in [0, 0.05) is 7.05 Å². The van der Waals surface area contributed by atoms with Gasteiger partial charge in [-0.2, -0.15) is 0 Å². The summed E-state index contributed by atoms with van der Waals surface area (Å²) in [7, 11) is 1.74. The van der Waals surface area contributed by atoms with Crippen LogP contribution in [0, 0.1) is 0 Å². The van der Waals surface area contributed by atoms with Gasteiger partial charge in [-0.1, -0.05) is 0 Å². The molecular formula is C7H13N5O. The lowest BCUT2D eigenvalue weighted by atomic mass is 10.1. The third kappa shape index (κ3) is 2.25. The number of aryl methyl sites for hydroxylation is 1. The smallest absolute Gasteiger partial charge is 0.246 e. The van der Waals surface area contributed by atoms with Gasteiger partial charge in [-0.25, -0.2) is 0 Å². The second-order valence-corrected chi connectivity index (χ2v) is 3.44. The number of nitrogens with two attached hydrogens (primary N) is 1. The maximum Gasteiger partial charge on any atom is 0.246 e. The van der Waals surface area contributed by atoms with Crippen LogP contribution in [-0.2, 0) is 11.8 Å². The highest BCUT2D eigenvalue weighted by Crippen LogP contribution is 2.03. The van der Waals surface area contributed by atoms with Crippen LogP contribution < -0.4 is 11.1 Å². The molecule has 0 bridgehead atoms. The van der Waals surface area contributed by atoms with E-state index in [1.165, 1.54) is 6.33 Å². The Morgan fingerprint density at radius 2 is 2.31 bits per heavy atom. The summed E-state index contributed by atoms with van der Waals surface area (Å²) >= 11 is 0. The van der Waals surface area contributed by atoms with Crippen molar-refractivity contribution in [2.75, 3.05) is 5.32 Å². The van der Waals surface area contributed by atoms with Crippen molar-refractivity contribution >= 4 is 11.9 Å². The van der Waals surface area contributed by atoms with Crippen molar-refractivity contribution in [3.05, 3.63) is 6.33 Å². The molecule has 0 saturated carbocycles. The number of nitrogens with zero attached hydrogens (tertiary/aromatic N) is 3. The maximum atomic E-state index is 11.4. The second-order valence-electron chi connectivity index (χ2n) is 3.44. The normalized spacial score (nSPS) is 11.4. The van der Waals surface area contributed by atoms with Crippen molar-refractivity contribution in [1.82, 2.24) is 14.8 Å². The Bertz CT molecular complexity index is 311. The molecule has 0 aliphatic heterocycles. The Kier molecular flexibility index (Phi) is 2.33. The topological polar surface area (TPSA) is 85.8 Å². The van der Waals surface area contributed by atoms with Crippen LogP contribution in [0.4, 0.5) is 5.95 Å². The summed E-state index contributed by atoms with van der Waals surface area (Å²) in [5, 5.41) is 9.86. The van der Waals surface area contributed by atoms with E-state index in [1.54, 1.807) is 25.5 Å². The summed E-state index contributed by atoms with van der Waals surface area (Å²) in [6.07, 6.45) is 1.50. The molecule has 0 aromatic carbocycles. The van der Waals surface area contributed by atoms with Gasteiger partial charge in [-0.3, -0.25) is 10.1 Å². The first-order chi connectivity index (χ1) is 5.91. The van der Waals surface area contributed by atoms with Crippen molar-refractivity contribution in [1.29, 1.82) is 0 Å². The molecule has 72 valence electrons. The molecule has 0 radical (unpaired) electrons. The summed E-state index contributed by atoms with van der Waals surface area (Å²) in [6, 6.07) is 0. The molecule has 3 N–H and O–H groups in total. The molecule has 1 heterocycles. The molecular weight excluding hydrogens is 170 g/mol. The van der Waals surface area contributed by atoms with Gasteiger partial charge in [-0.15, -0.1) is 10.2 Å². The molecule has 0 saturated heterocycles. The molecule has 13 heavy (non-hydrogen) atoms. The van der Waals surface area contributed by atoms with Crippen LogP contribution in [0.25, 0.3) is 0 Å². The lowest BCUT2D eigenvalue weighted by molar-refractivity contribution is -0.120. The SMILES string of the molecule is Cn1cnnc1NC(=O)C(C)(C)N. The fourth-order valence-electron chi connectivity index (χ4n) is 0.659. The fraction of sp³-hybridized carbons (Fsp3) is 0.571. The third-order valence-corrected chi connectivity index (χ3v) is 1.52. The quantitative estimate of drug-likeness (QED) is 0.646. The third-order valence-electron chi connectivity index (χ3n) is 1.52. The van der Waals surface area contributed by atoms with E-state index < -0.39 is 5.54 Å². The van der Waals surface area contributed by atoms with Crippen LogP contribution >= 0.6 is 0 Å². The predicted molar refractivity (Wildman–Crippen MR) is 47.9 cm³/mol. The zero-order chi connectivity index (χ0) is 10.1. The zero-order valence-electron chi connectivity index (χ0n) is 7.90. The summed E-state index contributed by atoms with van der Waals surface area (Å²) in [5.74, 6) is 0.104. The molecule has 0 fully saturated rings. The lowest BCUT2D eigenvalue weighted by Crippen LogP contribution is -2.45. The molecule has 6 heteroatoms. The Morgan fingerprint density at radius 1 is 1.69 bits per heavy atom. The molecule has 6 nitrogen and oxygen atoms in total. The first-order valence-electron chi connectivity index (χ1n) is 3.85. The number of nitrogens with one attached hydrogen (secondary N) is 1. The van der Waals surface area contributed by atoms with Gasteiger partial charge < -0.3 is 10.3 Å². The predicted octanol–water partition coefficient (Wildman–Crippen LogP) is -0.509. The van der Waals surface area contributed by atoms with Gasteiger partial charge >= 0.3 is 0 Å². The van der Waals surface area contributed by atoms with Crippen LogP contribution in [0.1, 0.15) is 13.8 Å². The van der Waals surface area contributed by atoms with E-state index in [2.05, 4.69) is 15.5 Å². The minimum Gasteiger partial charge on any atom is -0.318 e. The highest BCUT2D eigenvalue weighted by molar-refractivity contribution is 5.95. The lowest BCUT2D eigenvalue weighted by Gasteiger charge is -2.16. The van der Waals surface area contributed by atoms with Gasteiger partial charge in [0.1, 0.15) is 6.33 Å². The summed E-state index contributed by atoms with van der Waals surface area (Å²) in [5.41, 5.74) is 4.67. The number of aromatic nitrogens is 3. The first kappa shape index (κ1) is 9.66. The maximum absolute atomic E-state index is 11.4. The minimum absolute atomic E-state index is 0.288. The molecule has 0 aliphatic carbocycles. The summed E-state index contributed by atoms with van der Waals surface area (Å²) < 4.78 is 1.60. The molecule has 0 atom stereocenters. The van der Waals surface area contributed by atoms with Crippen molar-refractivity contribution in [3.63, 3.8) is 0 Å². The van der Waals surface area contributed by atoms with E-state index in [0.717, 1.165) is 0 Å². The van der Waals surface area contributed by atoms with Crippen molar-refractivity contribution < 1.29 is 4.79 Å². The van der Waals surface area contributed by atoms with Crippen LogP contribution in [-0.4, -0.2) is 26.2 Å². The zero-order valence-corrected chi connectivity index (χ0v) is 7.90. The number of carbonyl (C=O) groups is 1. The number of amides is 1. The van der Waals surface area contributed by atoms with Crippen LogP contribution in [0.15, 0.2) is 6.33 Å². The standard InChI is InChI=1S/C7H13N5O/c1-7(2,8)5(13)10-6-11-9-4-12(6)3/h4H,8H2,1-3H3,(H,10,11,13). The fourth-order valence-corrected chi connectivity index (χ4v) is 0.659. The van der Waals surface area contributed by atoms with Gasteiger partial charge in [0.25, 0.3) is 0 Å². The monoisotopic (exact) mass is 183 g/mol. The van der Waals surface area contributed by atoms with E-state index in [9.17, 15) is 4.79 Å². The van der Waals surface area contributed by atoms with Crippen molar-refractivity contribution in [3.8, 4) is 0 Å². The largest absolute Gasteiger partial charge is 0.318 e. The van der Waals surface area contributed by atoms with Crippen molar-refractivity contribution in [2.45, 2.75) is 19.4 Å². The highest BCUT2D eigenvalue weighted by atomic mass is 16.2. The number of hydrogen-bond acceptors (Lipinski definition) is 4. The Hall–Kier alpha value is -1.43. The van der Waals surface area contributed by atoms with Gasteiger partial charge in [0.05, 0.1) is 5.54 Å². The van der Waals surface area contributed by atoms with E-state index >= 15 is 0 Å². The number of carbonyl (C=O) groups excluding carboxylic acids is 1. The van der Waals surface area contributed by atoms with Crippen molar-refractivity contribution in [2.24, 2.45) is 12.8 Å². The van der Waals surface area contributed by atoms with Crippen LogP contribution in [0.5, 0.6) is 0 Å². The number of rotatable bonds is 2.